The molecular weight excluding hydrogens is 202 g/mol. The molecule has 0 aromatic rings. The topological polar surface area (TPSA) is 66.4 Å². The predicted octanol–water partition coefficient (Wildman–Crippen LogP) is 0.615. The second-order valence-corrected chi connectivity index (χ2v) is 5.28. The van der Waals surface area contributed by atoms with Gasteiger partial charge >= 0.3 is 5.97 Å². The van der Waals surface area contributed by atoms with E-state index >= 15 is 0 Å². The summed E-state index contributed by atoms with van der Waals surface area (Å²) in [5, 5.41) is 11.3. The van der Waals surface area contributed by atoms with Crippen molar-refractivity contribution in [1.82, 2.24) is 5.32 Å². The summed E-state index contributed by atoms with van der Waals surface area (Å²) in [5.41, 5.74) is 0. The van der Waals surface area contributed by atoms with Gasteiger partial charge in [-0.1, -0.05) is 12.8 Å². The third-order valence-electron chi connectivity index (χ3n) is 2.95. The van der Waals surface area contributed by atoms with E-state index in [-0.39, 0.29) is 10.7 Å². The van der Waals surface area contributed by atoms with E-state index in [2.05, 4.69) is 5.32 Å². The van der Waals surface area contributed by atoms with Gasteiger partial charge in [-0.2, -0.15) is 0 Å². The molecule has 14 heavy (non-hydrogen) atoms. The average Bonchev–Trinajstić information content (AvgIpc) is 2.59. The number of aliphatic carboxylic acids is 1. The second-order valence-electron chi connectivity index (χ2n) is 3.88. The number of nitrogens with one attached hydrogen (secondary N) is 1. The minimum absolute atomic E-state index is 0.0707. The maximum absolute atomic E-state index is 11.7. The van der Waals surface area contributed by atoms with Crippen LogP contribution in [0.1, 0.15) is 25.7 Å². The van der Waals surface area contributed by atoms with E-state index in [1.807, 2.05) is 0 Å². The zero-order valence-electron chi connectivity index (χ0n) is 7.78. The van der Waals surface area contributed by atoms with Gasteiger partial charge in [0.2, 0.25) is 5.91 Å². The fourth-order valence-electron chi connectivity index (χ4n) is 2.09. The van der Waals surface area contributed by atoms with Crippen molar-refractivity contribution in [2.45, 2.75) is 36.5 Å². The highest BCUT2D eigenvalue weighted by molar-refractivity contribution is 8.01. The van der Waals surface area contributed by atoms with Crippen LogP contribution in [0.25, 0.3) is 0 Å². The van der Waals surface area contributed by atoms with Gasteiger partial charge in [0.15, 0.2) is 0 Å². The molecule has 1 saturated carbocycles. The van der Waals surface area contributed by atoms with E-state index in [0.717, 1.165) is 25.7 Å². The van der Waals surface area contributed by atoms with Gasteiger partial charge in [0.1, 0.15) is 6.04 Å². The van der Waals surface area contributed by atoms with Crippen LogP contribution in [0.3, 0.4) is 0 Å². The fourth-order valence-corrected chi connectivity index (χ4v) is 3.57. The third-order valence-corrected chi connectivity index (χ3v) is 4.60. The number of amides is 1. The van der Waals surface area contributed by atoms with Crippen molar-refractivity contribution >= 4 is 23.6 Å². The van der Waals surface area contributed by atoms with Crippen molar-refractivity contribution in [3.05, 3.63) is 0 Å². The molecule has 2 rings (SSSR count). The Morgan fingerprint density at radius 1 is 1.50 bits per heavy atom. The molecular formula is C9H13NO3S. The Hall–Kier alpha value is -0.710. The van der Waals surface area contributed by atoms with Crippen LogP contribution >= 0.6 is 11.8 Å². The van der Waals surface area contributed by atoms with Crippen molar-refractivity contribution < 1.29 is 14.7 Å². The first kappa shape index (κ1) is 9.83. The molecule has 1 unspecified atom stereocenters. The largest absolute Gasteiger partial charge is 0.480 e. The summed E-state index contributed by atoms with van der Waals surface area (Å²) in [6.07, 6.45) is 3.96. The van der Waals surface area contributed by atoms with Crippen molar-refractivity contribution in [3.8, 4) is 0 Å². The molecule has 0 aromatic carbocycles. The van der Waals surface area contributed by atoms with E-state index in [9.17, 15) is 9.59 Å². The van der Waals surface area contributed by atoms with E-state index < -0.39 is 12.0 Å². The molecule has 1 aliphatic heterocycles. The molecule has 2 N–H and O–H groups in total. The molecule has 0 bridgehead atoms. The van der Waals surface area contributed by atoms with Crippen molar-refractivity contribution in [2.75, 3.05) is 5.75 Å². The minimum atomic E-state index is -0.932. The van der Waals surface area contributed by atoms with Crippen LogP contribution in [-0.4, -0.2) is 33.5 Å². The van der Waals surface area contributed by atoms with Crippen LogP contribution in [0.2, 0.25) is 0 Å². The number of carbonyl (C=O) groups excluding carboxylic acids is 1. The smallest absolute Gasteiger partial charge is 0.327 e. The fraction of sp³-hybridized carbons (Fsp3) is 0.778. The van der Waals surface area contributed by atoms with Gasteiger partial charge in [-0.15, -0.1) is 11.8 Å². The number of thioether (sulfide) groups is 1. The lowest BCUT2D eigenvalue weighted by molar-refractivity contribution is -0.141. The lowest BCUT2D eigenvalue weighted by Crippen LogP contribution is -2.55. The van der Waals surface area contributed by atoms with E-state index in [1.54, 1.807) is 0 Å². The van der Waals surface area contributed by atoms with E-state index in [0.29, 0.717) is 5.75 Å². The molecule has 1 saturated heterocycles. The van der Waals surface area contributed by atoms with Crippen molar-refractivity contribution in [3.63, 3.8) is 0 Å². The zero-order valence-corrected chi connectivity index (χ0v) is 8.60. The Morgan fingerprint density at radius 3 is 2.64 bits per heavy atom. The van der Waals surface area contributed by atoms with Gasteiger partial charge in [0, 0.05) is 5.75 Å². The first-order valence-electron chi connectivity index (χ1n) is 4.82. The molecule has 0 radical (unpaired) electrons. The number of rotatable bonds is 1. The highest BCUT2D eigenvalue weighted by atomic mass is 32.2. The summed E-state index contributed by atoms with van der Waals surface area (Å²) in [7, 11) is 0. The zero-order chi connectivity index (χ0) is 10.2. The van der Waals surface area contributed by atoms with Gasteiger partial charge in [-0.25, -0.2) is 4.79 Å². The average molecular weight is 215 g/mol. The molecule has 1 heterocycles. The highest BCUT2D eigenvalue weighted by Gasteiger charge is 2.46. The van der Waals surface area contributed by atoms with E-state index in [1.165, 1.54) is 11.8 Å². The molecule has 5 heteroatoms. The third kappa shape index (κ3) is 1.49. The van der Waals surface area contributed by atoms with Crippen LogP contribution < -0.4 is 5.32 Å². The maximum Gasteiger partial charge on any atom is 0.327 e. The lowest BCUT2D eigenvalue weighted by Gasteiger charge is -2.34. The number of carboxylic acid groups (broad SMARTS) is 1. The quantitative estimate of drug-likeness (QED) is 0.672. The van der Waals surface area contributed by atoms with Gasteiger partial charge in [0.25, 0.3) is 0 Å². The minimum Gasteiger partial charge on any atom is -0.480 e. The number of carbonyl (C=O) groups is 2. The Morgan fingerprint density at radius 2 is 2.14 bits per heavy atom. The summed E-state index contributed by atoms with van der Waals surface area (Å²) in [5.74, 6) is -0.501. The predicted molar refractivity (Wildman–Crippen MR) is 53.2 cm³/mol. The normalized spacial score (nSPS) is 30.3. The SMILES string of the molecule is O=C(O)C1CSC2(CCCC2)C(=O)N1. The molecule has 1 spiro atoms. The van der Waals surface area contributed by atoms with Crippen LogP contribution in [0, 0.1) is 0 Å². The molecule has 1 amide bonds. The van der Waals surface area contributed by atoms with Crippen molar-refractivity contribution in [2.24, 2.45) is 0 Å². The Kier molecular flexibility index (Phi) is 2.43. The van der Waals surface area contributed by atoms with Crippen molar-refractivity contribution in [1.29, 1.82) is 0 Å². The summed E-state index contributed by atoms with van der Waals surface area (Å²) in [4.78, 5) is 22.4. The second kappa shape index (κ2) is 3.46. The van der Waals surface area contributed by atoms with Crippen LogP contribution in [0.5, 0.6) is 0 Å². The number of hydrogen-bond acceptors (Lipinski definition) is 3. The standard InChI is InChI=1S/C9H13NO3S/c11-7(12)6-5-14-9(8(13)10-6)3-1-2-4-9/h6H,1-5H2,(H,10,13)(H,11,12). The van der Waals surface area contributed by atoms with Gasteiger partial charge in [-0.05, 0) is 12.8 Å². The molecule has 4 nitrogen and oxygen atoms in total. The Balaban J connectivity index is 2.07. The number of carboxylic acids is 1. The summed E-state index contributed by atoms with van der Waals surface area (Å²) in [6.45, 7) is 0. The summed E-state index contributed by atoms with van der Waals surface area (Å²) in [6, 6.07) is -0.696. The van der Waals surface area contributed by atoms with Gasteiger partial charge in [-0.3, -0.25) is 4.79 Å². The van der Waals surface area contributed by atoms with Crippen LogP contribution in [0.15, 0.2) is 0 Å². The summed E-state index contributed by atoms with van der Waals surface area (Å²) < 4.78 is -0.300. The van der Waals surface area contributed by atoms with E-state index in [4.69, 9.17) is 5.11 Å². The highest BCUT2D eigenvalue weighted by Crippen LogP contribution is 2.43. The molecule has 1 aliphatic carbocycles. The molecule has 78 valence electrons. The molecule has 2 aliphatic rings. The molecule has 1 atom stereocenters. The van der Waals surface area contributed by atoms with Gasteiger partial charge < -0.3 is 10.4 Å². The lowest BCUT2D eigenvalue weighted by atomic mass is 10.1. The summed E-state index contributed by atoms with van der Waals surface area (Å²) >= 11 is 1.52. The van der Waals surface area contributed by atoms with Crippen LogP contribution in [0.4, 0.5) is 0 Å². The van der Waals surface area contributed by atoms with Crippen LogP contribution in [-0.2, 0) is 9.59 Å². The number of hydrogen-bond donors (Lipinski definition) is 2. The first-order valence-corrected chi connectivity index (χ1v) is 5.80. The van der Waals surface area contributed by atoms with Gasteiger partial charge in [0.05, 0.1) is 4.75 Å². The Labute approximate surface area is 86.4 Å². The molecule has 0 aromatic heterocycles. The first-order chi connectivity index (χ1) is 6.64. The maximum atomic E-state index is 11.7. The Bertz CT molecular complexity index is 273. The monoisotopic (exact) mass is 215 g/mol. The molecule has 2 fully saturated rings.